The standard InChI is InChI=1S/C23H27N3O3/c1-16-5-7-18(8-6-16)22-14-19(25-29-22)23(27)24-15-20(21-4-3-13-28-21)26-11-9-17(2)10-12-26/h3-8,13-14,17,20H,9-12,15H2,1-2H3,(H,24,27)/t20-/m0/s1. The summed E-state index contributed by atoms with van der Waals surface area (Å²) in [7, 11) is 0. The fourth-order valence-electron chi connectivity index (χ4n) is 3.75. The normalized spacial score (nSPS) is 16.6. The van der Waals surface area contributed by atoms with Crippen LogP contribution >= 0.6 is 0 Å². The predicted molar refractivity (Wildman–Crippen MR) is 110 cm³/mol. The summed E-state index contributed by atoms with van der Waals surface area (Å²) >= 11 is 0. The van der Waals surface area contributed by atoms with Gasteiger partial charge in [0, 0.05) is 18.2 Å². The summed E-state index contributed by atoms with van der Waals surface area (Å²) in [5.41, 5.74) is 2.35. The van der Waals surface area contributed by atoms with Crippen LogP contribution in [0, 0.1) is 12.8 Å². The molecule has 1 aromatic carbocycles. The van der Waals surface area contributed by atoms with Gasteiger partial charge in [0.1, 0.15) is 5.76 Å². The minimum atomic E-state index is -0.242. The van der Waals surface area contributed by atoms with E-state index in [1.807, 2.05) is 43.3 Å². The maximum Gasteiger partial charge on any atom is 0.273 e. The zero-order valence-electron chi connectivity index (χ0n) is 16.9. The van der Waals surface area contributed by atoms with Gasteiger partial charge >= 0.3 is 0 Å². The highest BCUT2D eigenvalue weighted by molar-refractivity contribution is 5.93. The van der Waals surface area contributed by atoms with Gasteiger partial charge in [-0.05, 0) is 50.9 Å². The van der Waals surface area contributed by atoms with E-state index in [0.29, 0.717) is 12.3 Å². The van der Waals surface area contributed by atoms with Gasteiger partial charge in [-0.2, -0.15) is 0 Å². The van der Waals surface area contributed by atoms with E-state index in [1.54, 1.807) is 12.3 Å². The Balaban J connectivity index is 1.42. The molecule has 1 amide bonds. The van der Waals surface area contributed by atoms with Gasteiger partial charge < -0.3 is 14.3 Å². The van der Waals surface area contributed by atoms with Crippen molar-refractivity contribution < 1.29 is 13.7 Å². The second-order valence-corrected chi connectivity index (χ2v) is 7.90. The van der Waals surface area contributed by atoms with Gasteiger partial charge in [-0.15, -0.1) is 0 Å². The van der Waals surface area contributed by atoms with Crippen LogP contribution in [0.5, 0.6) is 0 Å². The molecule has 1 saturated heterocycles. The second kappa shape index (κ2) is 8.66. The third-order valence-corrected chi connectivity index (χ3v) is 5.67. The van der Waals surface area contributed by atoms with Crippen LogP contribution < -0.4 is 5.32 Å². The molecule has 1 fully saturated rings. The van der Waals surface area contributed by atoms with Crippen molar-refractivity contribution in [1.82, 2.24) is 15.4 Å². The van der Waals surface area contributed by atoms with Crippen molar-refractivity contribution in [2.24, 2.45) is 5.92 Å². The summed E-state index contributed by atoms with van der Waals surface area (Å²) in [6.45, 7) is 6.79. The van der Waals surface area contributed by atoms with E-state index in [2.05, 4.69) is 22.3 Å². The van der Waals surface area contributed by atoms with Gasteiger partial charge in [-0.25, -0.2) is 0 Å². The van der Waals surface area contributed by atoms with Crippen molar-refractivity contribution in [3.8, 4) is 11.3 Å². The lowest BCUT2D eigenvalue weighted by Gasteiger charge is -2.35. The Morgan fingerprint density at radius 2 is 2.00 bits per heavy atom. The Kier molecular flexibility index (Phi) is 5.81. The van der Waals surface area contributed by atoms with Gasteiger partial charge in [0.15, 0.2) is 11.5 Å². The molecule has 0 saturated carbocycles. The lowest BCUT2D eigenvalue weighted by atomic mass is 9.97. The van der Waals surface area contributed by atoms with E-state index in [1.165, 1.54) is 5.56 Å². The highest BCUT2D eigenvalue weighted by atomic mass is 16.5. The first-order valence-corrected chi connectivity index (χ1v) is 10.2. The largest absolute Gasteiger partial charge is 0.468 e. The third-order valence-electron chi connectivity index (χ3n) is 5.67. The van der Waals surface area contributed by atoms with Gasteiger partial charge in [-0.3, -0.25) is 9.69 Å². The number of rotatable bonds is 6. The minimum absolute atomic E-state index is 0.0184. The maximum absolute atomic E-state index is 12.7. The van der Waals surface area contributed by atoms with E-state index in [-0.39, 0.29) is 17.6 Å². The molecule has 3 aromatic rings. The Labute approximate surface area is 170 Å². The first-order valence-electron chi connectivity index (χ1n) is 10.2. The van der Waals surface area contributed by atoms with Crippen LogP contribution in [-0.2, 0) is 0 Å². The number of aryl methyl sites for hydroxylation is 1. The summed E-state index contributed by atoms with van der Waals surface area (Å²) in [5.74, 6) is 1.96. The summed E-state index contributed by atoms with van der Waals surface area (Å²) < 4.78 is 11.0. The van der Waals surface area contributed by atoms with Crippen molar-refractivity contribution in [3.05, 3.63) is 65.7 Å². The number of piperidine rings is 1. The van der Waals surface area contributed by atoms with Crippen molar-refractivity contribution in [1.29, 1.82) is 0 Å². The number of furan rings is 1. The molecular formula is C23H27N3O3. The summed E-state index contributed by atoms with van der Waals surface area (Å²) in [6, 6.07) is 13.5. The van der Waals surface area contributed by atoms with Crippen LogP contribution in [-0.4, -0.2) is 35.6 Å². The molecule has 1 aliphatic heterocycles. The molecule has 2 aromatic heterocycles. The van der Waals surface area contributed by atoms with Crippen LogP contribution in [0.2, 0.25) is 0 Å². The van der Waals surface area contributed by atoms with E-state index in [9.17, 15) is 4.79 Å². The third kappa shape index (κ3) is 4.59. The summed E-state index contributed by atoms with van der Waals surface area (Å²) in [5, 5.41) is 6.96. The zero-order chi connectivity index (χ0) is 20.2. The molecule has 0 unspecified atom stereocenters. The fraction of sp³-hybridized carbons (Fsp3) is 0.391. The van der Waals surface area contributed by atoms with Crippen molar-refractivity contribution in [2.45, 2.75) is 32.7 Å². The fourth-order valence-corrected chi connectivity index (χ4v) is 3.75. The number of carbonyl (C=O) groups is 1. The molecule has 0 radical (unpaired) electrons. The van der Waals surface area contributed by atoms with Crippen LogP contribution in [0.3, 0.4) is 0 Å². The molecule has 0 spiro atoms. The zero-order valence-corrected chi connectivity index (χ0v) is 16.9. The average Bonchev–Trinajstić information content (AvgIpc) is 3.42. The molecule has 0 aliphatic carbocycles. The molecule has 1 atom stereocenters. The maximum atomic E-state index is 12.7. The topological polar surface area (TPSA) is 71.5 Å². The van der Waals surface area contributed by atoms with Crippen molar-refractivity contribution >= 4 is 5.91 Å². The van der Waals surface area contributed by atoms with Crippen LogP contribution in [0.4, 0.5) is 0 Å². The SMILES string of the molecule is Cc1ccc(-c2cc(C(=O)NC[C@@H](c3ccco3)N3CCC(C)CC3)no2)cc1. The lowest BCUT2D eigenvalue weighted by Crippen LogP contribution is -2.41. The van der Waals surface area contributed by atoms with E-state index in [0.717, 1.165) is 43.2 Å². The number of hydrogen-bond donors (Lipinski definition) is 1. The molecule has 1 N–H and O–H groups in total. The highest BCUT2D eigenvalue weighted by Gasteiger charge is 2.27. The molecule has 1 aliphatic rings. The molecule has 3 heterocycles. The Hall–Kier alpha value is -2.86. The van der Waals surface area contributed by atoms with E-state index >= 15 is 0 Å². The number of nitrogens with zero attached hydrogens (tertiary/aromatic N) is 2. The molecule has 152 valence electrons. The molecule has 29 heavy (non-hydrogen) atoms. The number of likely N-dealkylation sites (tertiary alicyclic amines) is 1. The number of hydrogen-bond acceptors (Lipinski definition) is 5. The van der Waals surface area contributed by atoms with E-state index < -0.39 is 0 Å². The number of benzene rings is 1. The number of aromatic nitrogens is 1. The Morgan fingerprint density at radius 3 is 2.69 bits per heavy atom. The molecule has 4 rings (SSSR count). The first kappa shape index (κ1) is 19.5. The minimum Gasteiger partial charge on any atom is -0.468 e. The lowest BCUT2D eigenvalue weighted by molar-refractivity contribution is 0.0887. The first-order chi connectivity index (χ1) is 14.1. The smallest absolute Gasteiger partial charge is 0.273 e. The second-order valence-electron chi connectivity index (χ2n) is 7.90. The monoisotopic (exact) mass is 393 g/mol. The van der Waals surface area contributed by atoms with E-state index in [4.69, 9.17) is 8.94 Å². The van der Waals surface area contributed by atoms with Gasteiger partial charge in [0.25, 0.3) is 5.91 Å². The van der Waals surface area contributed by atoms with Crippen LogP contribution in [0.1, 0.15) is 47.6 Å². The molecular weight excluding hydrogens is 366 g/mol. The number of carbonyl (C=O) groups excluding carboxylic acids is 1. The van der Waals surface area contributed by atoms with Crippen LogP contribution in [0.15, 0.2) is 57.7 Å². The molecule has 6 nitrogen and oxygen atoms in total. The van der Waals surface area contributed by atoms with Gasteiger partial charge in [0.2, 0.25) is 0 Å². The van der Waals surface area contributed by atoms with Crippen molar-refractivity contribution in [3.63, 3.8) is 0 Å². The predicted octanol–water partition coefficient (Wildman–Crippen LogP) is 4.45. The Morgan fingerprint density at radius 1 is 1.24 bits per heavy atom. The number of amides is 1. The summed E-state index contributed by atoms with van der Waals surface area (Å²) in [4.78, 5) is 15.1. The average molecular weight is 393 g/mol. The van der Waals surface area contributed by atoms with Crippen molar-refractivity contribution in [2.75, 3.05) is 19.6 Å². The summed E-state index contributed by atoms with van der Waals surface area (Å²) in [6.07, 6.45) is 4.00. The Bertz CT molecular complexity index is 923. The molecule has 0 bridgehead atoms. The molecule has 6 heteroatoms. The van der Waals surface area contributed by atoms with Crippen LogP contribution in [0.25, 0.3) is 11.3 Å². The van der Waals surface area contributed by atoms with Gasteiger partial charge in [-0.1, -0.05) is 41.9 Å². The quantitative estimate of drug-likeness (QED) is 0.670. The highest BCUT2D eigenvalue weighted by Crippen LogP contribution is 2.27. The number of nitrogens with one attached hydrogen (secondary N) is 1. The van der Waals surface area contributed by atoms with Gasteiger partial charge in [0.05, 0.1) is 12.3 Å².